The van der Waals surface area contributed by atoms with Gasteiger partial charge < -0.3 is 19.9 Å². The molecule has 0 bridgehead atoms. The van der Waals surface area contributed by atoms with E-state index in [1.54, 1.807) is 20.8 Å². The Bertz CT molecular complexity index is 1040. The predicted octanol–water partition coefficient (Wildman–Crippen LogP) is 5.87. The van der Waals surface area contributed by atoms with E-state index >= 15 is 4.39 Å². The minimum absolute atomic E-state index is 0.0563. The van der Waals surface area contributed by atoms with Crippen molar-refractivity contribution < 1.29 is 41.7 Å². The van der Waals surface area contributed by atoms with Gasteiger partial charge in [-0.3, -0.25) is 4.79 Å². The van der Waals surface area contributed by atoms with Gasteiger partial charge in [-0.2, -0.15) is 13.2 Å². The average molecular weight is 471 g/mol. The van der Waals surface area contributed by atoms with E-state index in [1.807, 2.05) is 0 Å². The van der Waals surface area contributed by atoms with Gasteiger partial charge in [0.05, 0.1) is 30.7 Å². The van der Waals surface area contributed by atoms with Crippen LogP contribution in [-0.4, -0.2) is 29.9 Å². The van der Waals surface area contributed by atoms with Gasteiger partial charge in [0.15, 0.2) is 0 Å². The Hall–Kier alpha value is -3.30. The van der Waals surface area contributed by atoms with Gasteiger partial charge >= 0.3 is 18.2 Å². The minimum atomic E-state index is -4.71. The first kappa shape index (κ1) is 26.0. The fourth-order valence-electron chi connectivity index (χ4n) is 3.35. The van der Waals surface area contributed by atoms with E-state index in [1.165, 1.54) is 31.2 Å². The van der Waals surface area contributed by atoms with Gasteiger partial charge in [-0.25, -0.2) is 9.18 Å². The zero-order chi connectivity index (χ0) is 25.1. The first-order chi connectivity index (χ1) is 15.2. The Kier molecular flexibility index (Phi) is 7.61. The Labute approximate surface area is 188 Å². The molecule has 0 aliphatic rings. The SMILES string of the molecule is COc1c(-c2ccccc2C(F)(F)F)cc(C)c(F)c1C(CC(=O)O)NC(=O)OC(C)(C)C. The highest BCUT2D eigenvalue weighted by atomic mass is 19.4. The molecule has 2 rings (SSSR count). The van der Waals surface area contributed by atoms with Crippen LogP contribution >= 0.6 is 0 Å². The molecule has 0 fully saturated rings. The smallest absolute Gasteiger partial charge is 0.417 e. The molecule has 0 spiro atoms. The number of aryl methyl sites for hydroxylation is 1. The van der Waals surface area contributed by atoms with E-state index in [9.17, 15) is 27.9 Å². The van der Waals surface area contributed by atoms with Crippen LogP contribution in [0, 0.1) is 12.7 Å². The number of rotatable bonds is 6. The molecule has 180 valence electrons. The number of ether oxygens (including phenoxy) is 2. The zero-order valence-corrected chi connectivity index (χ0v) is 18.8. The van der Waals surface area contributed by atoms with Gasteiger partial charge in [0.2, 0.25) is 0 Å². The molecule has 1 amide bonds. The number of carbonyl (C=O) groups is 2. The third-order valence-electron chi connectivity index (χ3n) is 4.58. The standard InChI is InChI=1S/C23H25F4NO5/c1-12-10-14(13-8-6-7-9-15(13)23(25,26)27)20(32-5)18(19(12)24)16(11-17(29)30)28-21(31)33-22(2,3)4/h6-10,16H,11H2,1-5H3,(H,28,31)(H,29,30). The van der Waals surface area contributed by atoms with Gasteiger partial charge in [0, 0.05) is 5.56 Å². The highest BCUT2D eigenvalue weighted by molar-refractivity contribution is 5.79. The number of alkyl halides is 3. The van der Waals surface area contributed by atoms with Crippen molar-refractivity contribution in [1.82, 2.24) is 5.32 Å². The maximum absolute atomic E-state index is 15.3. The number of halogens is 4. The van der Waals surface area contributed by atoms with E-state index in [0.29, 0.717) is 0 Å². The second kappa shape index (κ2) is 9.68. The molecule has 6 nitrogen and oxygen atoms in total. The van der Waals surface area contributed by atoms with Crippen molar-refractivity contribution in [2.75, 3.05) is 7.11 Å². The van der Waals surface area contributed by atoms with Gasteiger partial charge in [-0.15, -0.1) is 0 Å². The molecule has 33 heavy (non-hydrogen) atoms. The van der Waals surface area contributed by atoms with Crippen LogP contribution in [0.25, 0.3) is 11.1 Å². The largest absolute Gasteiger partial charge is 0.496 e. The number of hydrogen-bond acceptors (Lipinski definition) is 4. The second-order valence-corrected chi connectivity index (χ2v) is 8.34. The predicted molar refractivity (Wildman–Crippen MR) is 112 cm³/mol. The summed E-state index contributed by atoms with van der Waals surface area (Å²) in [6, 6.07) is 4.39. The molecular weight excluding hydrogens is 446 g/mol. The van der Waals surface area contributed by atoms with Crippen molar-refractivity contribution in [3.8, 4) is 16.9 Å². The lowest BCUT2D eigenvalue weighted by Crippen LogP contribution is -2.36. The molecule has 0 aromatic heterocycles. The van der Waals surface area contributed by atoms with Gasteiger partial charge in [0.25, 0.3) is 0 Å². The molecule has 0 aliphatic carbocycles. The van der Waals surface area contributed by atoms with E-state index < -0.39 is 53.2 Å². The van der Waals surface area contributed by atoms with Crippen LogP contribution in [0.3, 0.4) is 0 Å². The molecule has 1 unspecified atom stereocenters. The van der Waals surface area contributed by atoms with E-state index in [4.69, 9.17) is 9.47 Å². The van der Waals surface area contributed by atoms with Crippen LogP contribution in [0.5, 0.6) is 5.75 Å². The average Bonchev–Trinajstić information content (AvgIpc) is 2.66. The maximum atomic E-state index is 15.3. The minimum Gasteiger partial charge on any atom is -0.496 e. The van der Waals surface area contributed by atoms with Crippen LogP contribution in [0.4, 0.5) is 22.4 Å². The van der Waals surface area contributed by atoms with E-state index in [0.717, 1.165) is 13.2 Å². The van der Waals surface area contributed by atoms with Crippen LogP contribution in [0.1, 0.15) is 49.9 Å². The summed E-state index contributed by atoms with van der Waals surface area (Å²) in [6.45, 7) is 6.07. The van der Waals surface area contributed by atoms with Gasteiger partial charge in [0.1, 0.15) is 17.2 Å². The molecule has 2 N–H and O–H groups in total. The van der Waals surface area contributed by atoms with Crippen LogP contribution < -0.4 is 10.1 Å². The number of carboxylic acid groups (broad SMARTS) is 1. The summed E-state index contributed by atoms with van der Waals surface area (Å²) in [4.78, 5) is 23.8. The molecule has 10 heteroatoms. The molecule has 0 saturated carbocycles. The van der Waals surface area contributed by atoms with Crippen LogP contribution in [0.15, 0.2) is 30.3 Å². The highest BCUT2D eigenvalue weighted by Crippen LogP contribution is 2.44. The zero-order valence-electron chi connectivity index (χ0n) is 18.8. The number of benzene rings is 2. The molecule has 0 aliphatic heterocycles. The summed E-state index contributed by atoms with van der Waals surface area (Å²) in [5.41, 5.74) is -2.73. The summed E-state index contributed by atoms with van der Waals surface area (Å²) in [6.07, 6.45) is -6.50. The third-order valence-corrected chi connectivity index (χ3v) is 4.58. The topological polar surface area (TPSA) is 84.9 Å². The van der Waals surface area contributed by atoms with Gasteiger partial charge in [-0.05, 0) is 51.0 Å². The summed E-state index contributed by atoms with van der Waals surface area (Å²) in [5.74, 6) is -2.62. The number of aliphatic carboxylic acids is 1. The Balaban J connectivity index is 2.76. The number of methoxy groups -OCH3 is 1. The van der Waals surface area contributed by atoms with Crippen molar-refractivity contribution in [3.05, 3.63) is 52.8 Å². The lowest BCUT2D eigenvalue weighted by Gasteiger charge is -2.26. The van der Waals surface area contributed by atoms with Crippen LogP contribution in [0.2, 0.25) is 0 Å². The number of carbonyl (C=O) groups excluding carboxylic acids is 1. The molecule has 0 radical (unpaired) electrons. The van der Waals surface area contributed by atoms with Crippen molar-refractivity contribution in [3.63, 3.8) is 0 Å². The molecular formula is C23H25F4NO5. The van der Waals surface area contributed by atoms with Crippen molar-refractivity contribution >= 4 is 12.1 Å². The third kappa shape index (κ3) is 6.36. The summed E-state index contributed by atoms with van der Waals surface area (Å²) < 4.78 is 66.6. The fraction of sp³-hybridized carbons (Fsp3) is 0.391. The first-order valence-electron chi connectivity index (χ1n) is 9.90. The van der Waals surface area contributed by atoms with E-state index in [2.05, 4.69) is 5.32 Å². The molecule has 2 aromatic rings. The quantitative estimate of drug-likeness (QED) is 0.515. The maximum Gasteiger partial charge on any atom is 0.417 e. The lowest BCUT2D eigenvalue weighted by atomic mass is 9.91. The number of nitrogens with one attached hydrogen (secondary N) is 1. The van der Waals surface area contributed by atoms with Gasteiger partial charge in [-0.1, -0.05) is 18.2 Å². The number of carboxylic acids is 1. The van der Waals surface area contributed by atoms with E-state index in [-0.39, 0.29) is 22.4 Å². The normalized spacial score (nSPS) is 12.8. The Morgan fingerprint density at radius 1 is 1.12 bits per heavy atom. The number of amides is 1. The number of hydrogen-bond donors (Lipinski definition) is 2. The van der Waals surface area contributed by atoms with Crippen LogP contribution in [-0.2, 0) is 15.7 Å². The van der Waals surface area contributed by atoms with Crippen molar-refractivity contribution in [2.24, 2.45) is 0 Å². The Morgan fingerprint density at radius 3 is 2.24 bits per heavy atom. The van der Waals surface area contributed by atoms with Crippen molar-refractivity contribution in [1.29, 1.82) is 0 Å². The monoisotopic (exact) mass is 471 g/mol. The Morgan fingerprint density at radius 2 is 1.73 bits per heavy atom. The highest BCUT2D eigenvalue weighted by Gasteiger charge is 2.36. The lowest BCUT2D eigenvalue weighted by molar-refractivity contribution is -0.138. The fourth-order valence-corrected chi connectivity index (χ4v) is 3.35. The molecule has 0 saturated heterocycles. The molecule has 0 heterocycles. The number of alkyl carbamates (subject to hydrolysis) is 1. The summed E-state index contributed by atoms with van der Waals surface area (Å²) >= 11 is 0. The molecule has 1 atom stereocenters. The second-order valence-electron chi connectivity index (χ2n) is 8.34. The summed E-state index contributed by atoms with van der Waals surface area (Å²) in [5, 5.41) is 11.7. The van der Waals surface area contributed by atoms with Crippen molar-refractivity contribution in [2.45, 2.75) is 51.9 Å². The first-order valence-corrected chi connectivity index (χ1v) is 9.90. The molecule has 2 aromatic carbocycles. The summed E-state index contributed by atoms with van der Waals surface area (Å²) in [7, 11) is 1.12.